The van der Waals surface area contributed by atoms with Crippen molar-refractivity contribution in [1.29, 1.82) is 0 Å². The third-order valence-corrected chi connectivity index (χ3v) is 6.67. The first-order chi connectivity index (χ1) is 19.1. The van der Waals surface area contributed by atoms with Crippen molar-refractivity contribution in [2.24, 2.45) is 11.5 Å². The first kappa shape index (κ1) is 32.2. The Morgan fingerprint density at radius 3 is 2.05 bits per heavy atom. The van der Waals surface area contributed by atoms with Crippen molar-refractivity contribution in [3.05, 3.63) is 58.9 Å². The number of halogens is 6. The van der Waals surface area contributed by atoms with E-state index in [1.165, 1.54) is 0 Å². The van der Waals surface area contributed by atoms with E-state index in [9.17, 15) is 26.3 Å². The zero-order chi connectivity index (χ0) is 30.7. The number of carboxylic acid groups (broad SMARTS) is 1. The molecule has 2 aromatic heterocycles. The second kappa shape index (κ2) is 12.7. The van der Waals surface area contributed by atoms with E-state index in [2.05, 4.69) is 16.0 Å². The molecule has 0 spiro atoms. The van der Waals surface area contributed by atoms with Gasteiger partial charge in [0.1, 0.15) is 17.2 Å². The molecule has 3 aromatic rings. The average Bonchev–Trinajstić information content (AvgIpc) is 3.72. The Bertz CT molecular complexity index is 1370. The van der Waals surface area contributed by atoms with Gasteiger partial charge in [-0.2, -0.15) is 13.2 Å². The van der Waals surface area contributed by atoms with E-state index >= 15 is 0 Å². The molecule has 0 radical (unpaired) electrons. The van der Waals surface area contributed by atoms with Gasteiger partial charge in [0, 0.05) is 42.6 Å². The summed E-state index contributed by atoms with van der Waals surface area (Å²) in [6.07, 6.45) is -0.615. The Kier molecular flexibility index (Phi) is 9.97. The van der Waals surface area contributed by atoms with Gasteiger partial charge in [0.25, 0.3) is 0 Å². The summed E-state index contributed by atoms with van der Waals surface area (Å²) in [5, 5.41) is 32.1. The highest BCUT2D eigenvalue weighted by atomic mass is 19.4. The van der Waals surface area contributed by atoms with E-state index in [1.54, 1.807) is 6.20 Å². The molecule has 0 bridgehead atoms. The topological polar surface area (TPSA) is 181 Å². The molecule has 10 nitrogen and oxygen atoms in total. The van der Waals surface area contributed by atoms with Gasteiger partial charge in [-0.15, -0.1) is 0 Å². The number of pyridine rings is 1. The lowest BCUT2D eigenvalue weighted by Crippen LogP contribution is -2.50. The first-order valence-electron chi connectivity index (χ1n) is 12.3. The number of carbonyl (C=O) groups is 1. The van der Waals surface area contributed by atoms with E-state index in [-0.39, 0.29) is 5.56 Å². The molecule has 1 aliphatic carbocycles. The first-order valence-corrected chi connectivity index (χ1v) is 12.3. The number of rotatable bonds is 5. The van der Waals surface area contributed by atoms with Crippen LogP contribution in [0.25, 0.3) is 11.0 Å². The maximum Gasteiger partial charge on any atom is 0.490 e. The number of imidazole rings is 1. The molecule has 16 heteroatoms. The largest absolute Gasteiger partial charge is 0.490 e. The summed E-state index contributed by atoms with van der Waals surface area (Å²) < 4.78 is 74.9. The van der Waals surface area contributed by atoms with Crippen molar-refractivity contribution in [3.63, 3.8) is 0 Å². The Hall–Kier alpha value is -3.31. The van der Waals surface area contributed by atoms with Gasteiger partial charge in [0.2, 0.25) is 0 Å². The summed E-state index contributed by atoms with van der Waals surface area (Å²) in [6, 6.07) is 3.15. The Morgan fingerprint density at radius 2 is 1.56 bits per heavy atom. The van der Waals surface area contributed by atoms with E-state index < -0.39 is 66.9 Å². The van der Waals surface area contributed by atoms with Crippen molar-refractivity contribution >= 4 is 17.0 Å². The third-order valence-electron chi connectivity index (χ3n) is 6.67. The number of aliphatic hydroxyl groups is 3. The van der Waals surface area contributed by atoms with Gasteiger partial charge in [0.05, 0.1) is 37.1 Å². The minimum Gasteiger partial charge on any atom is -0.475 e. The molecule has 41 heavy (non-hydrogen) atoms. The molecule has 226 valence electrons. The quantitative estimate of drug-likeness (QED) is 0.190. The molecule has 0 amide bonds. The van der Waals surface area contributed by atoms with Crippen LogP contribution in [-0.2, 0) is 17.8 Å². The van der Waals surface area contributed by atoms with Crippen LogP contribution < -0.4 is 11.5 Å². The smallest absolute Gasteiger partial charge is 0.475 e. The van der Waals surface area contributed by atoms with Crippen LogP contribution in [0.15, 0.2) is 24.4 Å². The summed E-state index contributed by atoms with van der Waals surface area (Å²) in [5.41, 5.74) is 13.2. The predicted molar refractivity (Wildman–Crippen MR) is 132 cm³/mol. The lowest BCUT2D eigenvalue weighted by Gasteiger charge is -2.30. The molecule has 1 saturated carbocycles. The van der Waals surface area contributed by atoms with Crippen LogP contribution in [-0.4, -0.2) is 78.5 Å². The predicted octanol–water partition coefficient (Wildman–Crippen LogP) is 1.69. The molecule has 0 saturated heterocycles. The third kappa shape index (κ3) is 7.71. The molecule has 1 fully saturated rings. The SMILES string of the molecule is NC(CO)(CO)CO.N[C@H]1Cn2c(nc3cnc(C4CC4)cc32)C[C@@H]1c1cc(F)c(F)cc1F.O=C(O)C(F)(F)F. The number of hydrogen-bond donors (Lipinski definition) is 6. The van der Waals surface area contributed by atoms with Gasteiger partial charge in [-0.05, 0) is 30.5 Å². The Labute approximate surface area is 229 Å². The molecule has 2 atom stereocenters. The lowest BCUT2D eigenvalue weighted by atomic mass is 9.86. The van der Waals surface area contributed by atoms with Gasteiger partial charge in [-0.3, -0.25) is 4.98 Å². The minimum atomic E-state index is -5.08. The maximum absolute atomic E-state index is 14.2. The zero-order valence-electron chi connectivity index (χ0n) is 21.5. The molecular weight excluding hydrogens is 564 g/mol. The van der Waals surface area contributed by atoms with Crippen molar-refractivity contribution < 1.29 is 51.6 Å². The number of aromatic nitrogens is 3. The van der Waals surface area contributed by atoms with Gasteiger partial charge in [-0.1, -0.05) is 0 Å². The molecule has 0 unspecified atom stereocenters. The second-order valence-corrected chi connectivity index (χ2v) is 9.91. The lowest BCUT2D eigenvalue weighted by molar-refractivity contribution is -0.192. The highest BCUT2D eigenvalue weighted by molar-refractivity contribution is 5.76. The van der Waals surface area contributed by atoms with Crippen molar-refractivity contribution in [1.82, 2.24) is 14.5 Å². The van der Waals surface area contributed by atoms with Crippen LogP contribution in [0.1, 0.15) is 41.8 Å². The fourth-order valence-electron chi connectivity index (χ4n) is 4.05. The normalized spacial score (nSPS) is 18.6. The highest BCUT2D eigenvalue weighted by Crippen LogP contribution is 2.40. The van der Waals surface area contributed by atoms with E-state index in [4.69, 9.17) is 36.7 Å². The number of nitrogens with zero attached hydrogens (tertiary/aromatic N) is 3. The molecule has 2 aliphatic rings. The molecule has 5 rings (SSSR count). The summed E-state index contributed by atoms with van der Waals surface area (Å²) in [4.78, 5) is 18.0. The van der Waals surface area contributed by atoms with E-state index in [0.717, 1.165) is 41.5 Å². The number of hydrogen-bond acceptors (Lipinski definition) is 8. The summed E-state index contributed by atoms with van der Waals surface area (Å²) in [5.74, 6) is -4.94. The van der Waals surface area contributed by atoms with Crippen LogP contribution >= 0.6 is 0 Å². The summed E-state index contributed by atoms with van der Waals surface area (Å²) in [7, 11) is 0. The molecule has 1 aliphatic heterocycles. The van der Waals surface area contributed by atoms with E-state index in [1.807, 2.05) is 4.57 Å². The standard InChI is InChI=1S/C19H17F3N4.C4H11NO3.C2HF3O2/c20-12-5-14(22)13(21)3-10(12)11-4-19-25-17-7-24-16(9-1-2-9)6-18(17)26(19)8-15(11)23;5-4(1-6,2-7)3-8;3-2(4,5)1(6)7/h3,5-7,9,11,15H,1-2,4,8,23H2;6-8H,1-3,5H2;(H,6,7)/t11-,15+;;/m1../s1. The zero-order valence-corrected chi connectivity index (χ0v) is 21.5. The number of nitrogens with two attached hydrogens (primary N) is 2. The second-order valence-electron chi connectivity index (χ2n) is 9.91. The number of aliphatic carboxylic acids is 1. The Balaban J connectivity index is 0.000000257. The van der Waals surface area contributed by atoms with Gasteiger partial charge in [0.15, 0.2) is 11.6 Å². The number of fused-ring (bicyclic) bond motifs is 3. The molecule has 1 aromatic carbocycles. The van der Waals surface area contributed by atoms with Crippen LogP contribution in [0.4, 0.5) is 26.3 Å². The maximum atomic E-state index is 14.2. The van der Waals surface area contributed by atoms with Crippen LogP contribution in [0.5, 0.6) is 0 Å². The van der Waals surface area contributed by atoms with Gasteiger partial charge >= 0.3 is 12.1 Å². The minimum absolute atomic E-state index is 0.103. The number of alkyl halides is 3. The monoisotopic (exact) mass is 593 g/mol. The number of carboxylic acids is 1. The molecule has 3 heterocycles. The van der Waals surface area contributed by atoms with Crippen molar-refractivity contribution in [2.45, 2.75) is 55.4 Å². The summed E-state index contributed by atoms with van der Waals surface area (Å²) in [6.45, 7) is -0.761. The van der Waals surface area contributed by atoms with Crippen molar-refractivity contribution in [3.8, 4) is 0 Å². The van der Waals surface area contributed by atoms with Crippen LogP contribution in [0.3, 0.4) is 0 Å². The van der Waals surface area contributed by atoms with Gasteiger partial charge < -0.3 is 36.5 Å². The average molecular weight is 594 g/mol. The van der Waals surface area contributed by atoms with Gasteiger partial charge in [-0.25, -0.2) is 22.9 Å². The molecular formula is C25H29F6N5O5. The number of aliphatic hydroxyl groups excluding tert-OH is 3. The fraction of sp³-hybridized carbons (Fsp3) is 0.480. The fourth-order valence-corrected chi connectivity index (χ4v) is 4.05. The highest BCUT2D eigenvalue weighted by Gasteiger charge is 2.38. The van der Waals surface area contributed by atoms with Crippen molar-refractivity contribution in [2.75, 3.05) is 19.8 Å². The van der Waals surface area contributed by atoms with E-state index in [0.29, 0.717) is 24.9 Å². The molecule has 8 N–H and O–H groups in total. The summed E-state index contributed by atoms with van der Waals surface area (Å²) >= 11 is 0. The Morgan fingerprint density at radius 1 is 1.00 bits per heavy atom. The van der Waals surface area contributed by atoms with Crippen LogP contribution in [0, 0.1) is 17.5 Å². The number of benzene rings is 1. The van der Waals surface area contributed by atoms with Crippen LogP contribution in [0.2, 0.25) is 0 Å².